The number of aliphatic hydroxyl groups excluding tert-OH is 1. The van der Waals surface area contributed by atoms with E-state index in [2.05, 4.69) is 13.8 Å². The third kappa shape index (κ3) is 6.09. The molecule has 0 spiro atoms. The Morgan fingerprint density at radius 1 is 1.30 bits per heavy atom. The zero-order valence-corrected chi connectivity index (χ0v) is 6.97. The van der Waals surface area contributed by atoms with Gasteiger partial charge in [-0.25, -0.2) is 0 Å². The Morgan fingerprint density at radius 3 is 2.50 bits per heavy atom. The molecule has 0 fully saturated rings. The normalized spacial score (nSPS) is 13.5. The van der Waals surface area contributed by atoms with Gasteiger partial charge >= 0.3 is 0 Å². The molecule has 1 N–H and O–H groups in total. The molecule has 1 atom stereocenters. The molecule has 0 bridgehead atoms. The summed E-state index contributed by atoms with van der Waals surface area (Å²) in [7, 11) is 0. The predicted octanol–water partition coefficient (Wildman–Crippen LogP) is 2.54. The first kappa shape index (κ1) is 9.96. The van der Waals surface area contributed by atoms with E-state index in [0.29, 0.717) is 6.42 Å². The predicted molar refractivity (Wildman–Crippen MR) is 44.7 cm³/mol. The van der Waals surface area contributed by atoms with Gasteiger partial charge in [0.2, 0.25) is 0 Å². The van der Waals surface area contributed by atoms with Crippen LogP contribution in [0.2, 0.25) is 0 Å². The van der Waals surface area contributed by atoms with Gasteiger partial charge in [0.05, 0.1) is 6.10 Å². The van der Waals surface area contributed by atoms with E-state index in [4.69, 9.17) is 5.11 Å². The zero-order chi connectivity index (χ0) is 7.82. The van der Waals surface area contributed by atoms with Crippen LogP contribution in [0.3, 0.4) is 0 Å². The second-order valence-electron chi connectivity index (χ2n) is 2.79. The lowest BCUT2D eigenvalue weighted by atomic mass is 10.1. The van der Waals surface area contributed by atoms with Crippen LogP contribution in [-0.4, -0.2) is 11.2 Å². The summed E-state index contributed by atoms with van der Waals surface area (Å²) in [4.78, 5) is 0. The Bertz CT molecular complexity index is 61.7. The third-order valence-corrected chi connectivity index (χ3v) is 1.72. The van der Waals surface area contributed by atoms with Crippen molar-refractivity contribution in [2.45, 2.75) is 51.6 Å². The molecular weight excluding hydrogens is 124 g/mol. The van der Waals surface area contributed by atoms with Crippen LogP contribution in [0.25, 0.3) is 0 Å². The Balaban J connectivity index is 2.89. The van der Waals surface area contributed by atoms with Crippen molar-refractivity contribution < 1.29 is 5.11 Å². The van der Waals surface area contributed by atoms with Crippen LogP contribution in [0, 0.1) is 6.92 Å². The number of hydrogen-bond acceptors (Lipinski definition) is 1. The molecule has 1 nitrogen and oxygen atoms in total. The zero-order valence-electron chi connectivity index (χ0n) is 6.97. The number of unbranched alkanes of at least 4 members (excludes halogenated alkanes) is 3. The summed E-state index contributed by atoms with van der Waals surface area (Å²) in [6.45, 7) is 5.83. The van der Waals surface area contributed by atoms with Crippen LogP contribution in [-0.2, 0) is 0 Å². The van der Waals surface area contributed by atoms with E-state index in [-0.39, 0.29) is 6.10 Å². The van der Waals surface area contributed by atoms with Crippen molar-refractivity contribution in [3.63, 3.8) is 0 Å². The quantitative estimate of drug-likeness (QED) is 0.566. The van der Waals surface area contributed by atoms with Crippen molar-refractivity contribution in [1.29, 1.82) is 0 Å². The van der Waals surface area contributed by atoms with E-state index >= 15 is 0 Å². The highest BCUT2D eigenvalue weighted by Crippen LogP contribution is 2.06. The highest BCUT2D eigenvalue weighted by Gasteiger charge is 1.98. The Kier molecular flexibility index (Phi) is 7.04. The van der Waals surface area contributed by atoms with Gasteiger partial charge in [0, 0.05) is 0 Å². The van der Waals surface area contributed by atoms with E-state index < -0.39 is 0 Å². The molecule has 0 aliphatic carbocycles. The fourth-order valence-electron chi connectivity index (χ4n) is 0.951. The van der Waals surface area contributed by atoms with Gasteiger partial charge in [0.25, 0.3) is 0 Å². The van der Waals surface area contributed by atoms with Crippen LogP contribution < -0.4 is 0 Å². The summed E-state index contributed by atoms with van der Waals surface area (Å²) in [6, 6.07) is 0. The van der Waals surface area contributed by atoms with Crippen LogP contribution >= 0.6 is 0 Å². The van der Waals surface area contributed by atoms with Crippen molar-refractivity contribution in [3.05, 3.63) is 6.92 Å². The van der Waals surface area contributed by atoms with Crippen molar-refractivity contribution in [3.8, 4) is 0 Å². The smallest absolute Gasteiger partial charge is 0.0540 e. The first-order valence-corrected chi connectivity index (χ1v) is 4.28. The van der Waals surface area contributed by atoms with Gasteiger partial charge in [-0.2, -0.15) is 0 Å². The minimum atomic E-state index is -0.156. The monoisotopic (exact) mass is 143 g/mol. The van der Waals surface area contributed by atoms with E-state index in [9.17, 15) is 0 Å². The molecule has 10 heavy (non-hydrogen) atoms. The number of rotatable bonds is 6. The molecule has 0 aliphatic heterocycles. The van der Waals surface area contributed by atoms with E-state index in [0.717, 1.165) is 12.8 Å². The lowest BCUT2D eigenvalue weighted by Crippen LogP contribution is -2.03. The molecule has 0 heterocycles. The first-order chi connectivity index (χ1) is 4.81. The largest absolute Gasteiger partial charge is 0.393 e. The molecule has 0 rings (SSSR count). The first-order valence-electron chi connectivity index (χ1n) is 4.28. The Labute approximate surface area is 64.5 Å². The molecule has 0 aromatic rings. The Morgan fingerprint density at radius 2 is 2.00 bits per heavy atom. The molecule has 1 heteroatoms. The molecular formula is C9H19O. The third-order valence-electron chi connectivity index (χ3n) is 1.72. The van der Waals surface area contributed by atoms with Gasteiger partial charge < -0.3 is 5.11 Å². The average molecular weight is 143 g/mol. The fraction of sp³-hybridized carbons (Fsp3) is 0.889. The van der Waals surface area contributed by atoms with Gasteiger partial charge in [-0.1, -0.05) is 39.5 Å². The maximum Gasteiger partial charge on any atom is 0.0540 e. The molecule has 0 saturated heterocycles. The lowest BCUT2D eigenvalue weighted by molar-refractivity contribution is 0.163. The maximum atomic E-state index is 9.09. The number of aliphatic hydroxyl groups is 1. The Hall–Kier alpha value is -0.0400. The van der Waals surface area contributed by atoms with Crippen molar-refractivity contribution in [2.75, 3.05) is 0 Å². The topological polar surface area (TPSA) is 20.2 Å². The minimum Gasteiger partial charge on any atom is -0.393 e. The van der Waals surface area contributed by atoms with E-state index in [1.165, 1.54) is 19.3 Å². The van der Waals surface area contributed by atoms with Crippen LogP contribution in [0.4, 0.5) is 0 Å². The van der Waals surface area contributed by atoms with Gasteiger partial charge in [0.1, 0.15) is 0 Å². The molecule has 0 amide bonds. The van der Waals surface area contributed by atoms with Gasteiger partial charge in [-0.3, -0.25) is 0 Å². The second kappa shape index (κ2) is 7.07. The molecule has 61 valence electrons. The van der Waals surface area contributed by atoms with Gasteiger partial charge in [-0.15, -0.1) is 0 Å². The SMILES string of the molecule is [CH2]CC(O)CCCCCC. The molecule has 1 unspecified atom stereocenters. The lowest BCUT2D eigenvalue weighted by Gasteiger charge is -2.05. The molecule has 0 aromatic heterocycles. The fourth-order valence-corrected chi connectivity index (χ4v) is 0.951. The van der Waals surface area contributed by atoms with E-state index in [1.807, 2.05) is 0 Å². The van der Waals surface area contributed by atoms with E-state index in [1.54, 1.807) is 0 Å². The van der Waals surface area contributed by atoms with Crippen molar-refractivity contribution in [2.24, 2.45) is 0 Å². The standard InChI is InChI=1S/C9H19O/c1-3-5-6-7-8-9(10)4-2/h9-10H,2-8H2,1H3. The number of hydrogen-bond donors (Lipinski definition) is 1. The summed E-state index contributed by atoms with van der Waals surface area (Å²) in [5, 5.41) is 9.09. The molecule has 1 radical (unpaired) electrons. The summed E-state index contributed by atoms with van der Waals surface area (Å²) >= 11 is 0. The second-order valence-corrected chi connectivity index (χ2v) is 2.79. The van der Waals surface area contributed by atoms with Crippen LogP contribution in [0.1, 0.15) is 45.4 Å². The summed E-state index contributed by atoms with van der Waals surface area (Å²) in [5.74, 6) is 0. The maximum absolute atomic E-state index is 9.09. The molecule has 0 aromatic carbocycles. The molecule has 0 aliphatic rings. The van der Waals surface area contributed by atoms with Crippen LogP contribution in [0.5, 0.6) is 0 Å². The van der Waals surface area contributed by atoms with Crippen molar-refractivity contribution >= 4 is 0 Å². The average Bonchev–Trinajstić information content (AvgIpc) is 1.98. The van der Waals surface area contributed by atoms with Crippen LogP contribution in [0.15, 0.2) is 0 Å². The highest BCUT2D eigenvalue weighted by molar-refractivity contribution is 4.56. The van der Waals surface area contributed by atoms with Gasteiger partial charge in [0.15, 0.2) is 0 Å². The van der Waals surface area contributed by atoms with Gasteiger partial charge in [-0.05, 0) is 12.8 Å². The summed E-state index contributed by atoms with van der Waals surface area (Å²) < 4.78 is 0. The van der Waals surface area contributed by atoms with Crippen molar-refractivity contribution in [1.82, 2.24) is 0 Å². The summed E-state index contributed by atoms with van der Waals surface area (Å²) in [6.07, 6.45) is 6.41. The minimum absolute atomic E-state index is 0.156. The molecule has 0 saturated carbocycles. The highest BCUT2D eigenvalue weighted by atomic mass is 16.3. The summed E-state index contributed by atoms with van der Waals surface area (Å²) in [5.41, 5.74) is 0.